The summed E-state index contributed by atoms with van der Waals surface area (Å²) in [6, 6.07) is 3.37. The van der Waals surface area contributed by atoms with Gasteiger partial charge in [0.2, 0.25) is 0 Å². The van der Waals surface area contributed by atoms with Gasteiger partial charge in [0.05, 0.1) is 12.7 Å². The Morgan fingerprint density at radius 2 is 2.11 bits per heavy atom. The first-order valence-electron chi connectivity index (χ1n) is 11.3. The maximum Gasteiger partial charge on any atom is 0.357 e. The van der Waals surface area contributed by atoms with E-state index in [1.807, 2.05) is 10.3 Å². The average Bonchev–Trinajstić information content (AvgIpc) is 3.61. The van der Waals surface area contributed by atoms with E-state index in [1.165, 1.54) is 36.6 Å². The second-order valence-corrected chi connectivity index (χ2v) is 9.71. The molecule has 37 heavy (non-hydrogen) atoms. The molecule has 13 heteroatoms. The van der Waals surface area contributed by atoms with Gasteiger partial charge in [-0.25, -0.2) is 19.0 Å². The lowest BCUT2D eigenvalue weighted by Gasteiger charge is -2.36. The van der Waals surface area contributed by atoms with Gasteiger partial charge in [-0.2, -0.15) is 4.98 Å². The number of piperidine rings is 1. The van der Waals surface area contributed by atoms with Crippen LogP contribution in [0.25, 0.3) is 0 Å². The second-order valence-electron chi connectivity index (χ2n) is 8.41. The molecule has 3 aromatic rings. The van der Waals surface area contributed by atoms with E-state index in [0.29, 0.717) is 53.6 Å². The van der Waals surface area contributed by atoms with E-state index >= 15 is 0 Å². The minimum atomic E-state index is -1.16. The molecule has 192 valence electrons. The minimum absolute atomic E-state index is 0.105. The summed E-state index contributed by atoms with van der Waals surface area (Å²) in [4.78, 5) is 39.3. The lowest BCUT2D eigenvalue weighted by atomic mass is 9.86. The highest BCUT2D eigenvalue weighted by molar-refractivity contribution is 7.11. The van der Waals surface area contributed by atoms with Crippen molar-refractivity contribution in [3.8, 4) is 0 Å². The number of carboxylic acid groups (broad SMARTS) is 1. The molecule has 10 nitrogen and oxygen atoms in total. The van der Waals surface area contributed by atoms with E-state index in [1.54, 1.807) is 6.20 Å². The highest BCUT2D eigenvalue weighted by Gasteiger charge is 2.38. The van der Waals surface area contributed by atoms with Crippen molar-refractivity contribution >= 4 is 46.7 Å². The number of carbonyl (C=O) groups excluding carboxylic acids is 1. The first kappa shape index (κ1) is 24.9. The zero-order valence-electron chi connectivity index (χ0n) is 19.5. The highest BCUT2D eigenvalue weighted by Crippen LogP contribution is 2.40. The normalized spacial score (nSPS) is 18.4. The molecule has 0 aliphatic carbocycles. The molecule has 1 fully saturated rings. The Morgan fingerprint density at radius 3 is 2.73 bits per heavy atom. The third kappa shape index (κ3) is 4.94. The Balaban J connectivity index is 1.51. The number of methoxy groups -OCH3 is 1. The van der Waals surface area contributed by atoms with Crippen LogP contribution in [0.1, 0.15) is 39.9 Å². The Morgan fingerprint density at radius 1 is 1.32 bits per heavy atom. The number of anilines is 1. The van der Waals surface area contributed by atoms with E-state index in [0.717, 1.165) is 6.26 Å². The van der Waals surface area contributed by atoms with Crippen LogP contribution in [-0.4, -0.2) is 53.0 Å². The lowest BCUT2D eigenvalue weighted by molar-refractivity contribution is -0.136. The van der Waals surface area contributed by atoms with Crippen molar-refractivity contribution in [2.75, 3.05) is 25.1 Å². The maximum atomic E-state index is 13.8. The summed E-state index contributed by atoms with van der Waals surface area (Å²) in [7, 11) is 1.29. The van der Waals surface area contributed by atoms with Gasteiger partial charge in [-0.3, -0.25) is 4.99 Å². The third-order valence-corrected chi connectivity index (χ3v) is 7.36. The molecule has 0 bridgehead atoms. The number of amidine groups is 1. The number of carboxylic acids is 1. The molecule has 5 rings (SSSR count). The second kappa shape index (κ2) is 10.3. The number of carbonyl (C=O) groups is 2. The quantitative estimate of drug-likeness (QED) is 0.440. The number of allylic oxidation sites excluding steroid dienone is 1. The summed E-state index contributed by atoms with van der Waals surface area (Å²) in [6.45, 7) is 1.02. The largest absolute Gasteiger partial charge is 0.476 e. The molecule has 1 saturated heterocycles. The van der Waals surface area contributed by atoms with Crippen LogP contribution >= 0.6 is 22.9 Å². The van der Waals surface area contributed by atoms with Crippen molar-refractivity contribution < 1.29 is 28.2 Å². The van der Waals surface area contributed by atoms with Gasteiger partial charge in [0.1, 0.15) is 18.1 Å². The molecule has 0 saturated carbocycles. The molecule has 0 radical (unpaired) electrons. The van der Waals surface area contributed by atoms with Crippen molar-refractivity contribution in [3.63, 3.8) is 0 Å². The van der Waals surface area contributed by atoms with Crippen LogP contribution in [0.4, 0.5) is 10.4 Å². The fourth-order valence-corrected chi connectivity index (χ4v) is 5.34. The third-order valence-electron chi connectivity index (χ3n) is 6.26. The van der Waals surface area contributed by atoms with E-state index in [4.69, 9.17) is 30.9 Å². The van der Waals surface area contributed by atoms with Crippen LogP contribution in [-0.2, 0) is 9.53 Å². The number of hydrogen-bond donors (Lipinski definition) is 2. The summed E-state index contributed by atoms with van der Waals surface area (Å²) < 4.78 is 24.3. The number of ether oxygens (including phenoxy) is 1. The number of aliphatic imine (C=N–C) groups is 1. The predicted molar refractivity (Wildman–Crippen MR) is 133 cm³/mol. The summed E-state index contributed by atoms with van der Waals surface area (Å²) in [6.07, 6.45) is 3.97. The van der Waals surface area contributed by atoms with Gasteiger partial charge in [-0.1, -0.05) is 17.7 Å². The smallest absolute Gasteiger partial charge is 0.357 e. The van der Waals surface area contributed by atoms with Crippen molar-refractivity contribution in [3.05, 3.63) is 74.4 Å². The number of nitrogens with one attached hydrogen (secondary N) is 1. The van der Waals surface area contributed by atoms with Gasteiger partial charge >= 0.3 is 11.9 Å². The zero-order chi connectivity index (χ0) is 26.1. The lowest BCUT2D eigenvalue weighted by Crippen LogP contribution is -2.41. The molecule has 0 spiro atoms. The number of aromatic carboxylic acids is 1. The molecule has 4 heterocycles. The first-order valence-corrected chi connectivity index (χ1v) is 12.6. The monoisotopic (exact) mass is 545 g/mol. The summed E-state index contributed by atoms with van der Waals surface area (Å²) in [5.41, 5.74) is 1.23. The molecule has 0 amide bonds. The number of oxazole rings is 1. The van der Waals surface area contributed by atoms with Gasteiger partial charge in [-0.15, -0.1) is 11.3 Å². The number of hydrogen-bond acceptors (Lipinski definition) is 10. The fraction of sp³-hybridized carbons (Fsp3) is 0.292. The summed E-state index contributed by atoms with van der Waals surface area (Å²) >= 11 is 7.80. The topological polar surface area (TPSA) is 130 Å². The van der Waals surface area contributed by atoms with Crippen molar-refractivity contribution in [1.82, 2.24) is 15.3 Å². The Kier molecular flexibility index (Phi) is 6.94. The number of nitrogens with zero attached hydrogens (tertiary/aromatic N) is 4. The van der Waals surface area contributed by atoms with Crippen LogP contribution in [0.3, 0.4) is 0 Å². The van der Waals surface area contributed by atoms with Crippen LogP contribution in [0.5, 0.6) is 0 Å². The molecular formula is C24H21ClFN5O5S. The molecule has 2 aromatic heterocycles. The van der Waals surface area contributed by atoms with Gasteiger partial charge < -0.3 is 24.5 Å². The Hall–Kier alpha value is -3.77. The molecule has 1 aromatic carbocycles. The van der Waals surface area contributed by atoms with Crippen molar-refractivity contribution in [2.24, 2.45) is 10.9 Å². The number of rotatable bonds is 6. The Bertz CT molecular complexity index is 1400. The van der Waals surface area contributed by atoms with E-state index in [2.05, 4.69) is 15.3 Å². The predicted octanol–water partition coefficient (Wildman–Crippen LogP) is 4.06. The highest BCUT2D eigenvalue weighted by atomic mass is 35.5. The maximum absolute atomic E-state index is 13.8. The van der Waals surface area contributed by atoms with Crippen molar-refractivity contribution in [2.45, 2.75) is 18.9 Å². The first-order chi connectivity index (χ1) is 17.9. The number of halogens is 2. The number of thiazole rings is 1. The van der Waals surface area contributed by atoms with Crippen LogP contribution in [0.2, 0.25) is 5.02 Å². The molecule has 2 aliphatic heterocycles. The summed E-state index contributed by atoms with van der Waals surface area (Å²) in [5, 5.41) is 15.0. The zero-order valence-corrected chi connectivity index (χ0v) is 21.1. The minimum Gasteiger partial charge on any atom is -0.476 e. The standard InChI is InChI=1S/C24H21ClFN5O5S/c1-35-23(34)17-18(12-4-7-31(8-5-12)24-28-16(11-36-24)22(32)33)29-20(21-27-6-9-37-21)30-19(17)14-3-2-13(26)10-15(14)25/h2-3,6,9-12,19H,4-5,7-8H2,1H3,(H,29,30)(H,32,33). The molecular weight excluding hydrogens is 525 g/mol. The fourth-order valence-electron chi connectivity index (χ4n) is 4.49. The molecule has 2 aliphatic rings. The van der Waals surface area contributed by atoms with Crippen LogP contribution in [0.15, 0.2) is 56.7 Å². The molecule has 1 atom stereocenters. The molecule has 2 N–H and O–H groups in total. The van der Waals surface area contributed by atoms with Crippen LogP contribution in [0, 0.1) is 11.7 Å². The summed E-state index contributed by atoms with van der Waals surface area (Å²) in [5.74, 6) is -1.86. The van der Waals surface area contributed by atoms with Crippen LogP contribution < -0.4 is 10.2 Å². The van der Waals surface area contributed by atoms with Gasteiger partial charge in [0, 0.05) is 46.9 Å². The van der Waals surface area contributed by atoms with E-state index in [9.17, 15) is 14.0 Å². The number of esters is 1. The Labute approximate surface area is 219 Å². The average molecular weight is 546 g/mol. The number of benzene rings is 1. The van der Waals surface area contributed by atoms with Gasteiger partial charge in [0.25, 0.3) is 6.01 Å². The SMILES string of the molecule is COC(=O)C1=C(C2CCN(c3nc(C(=O)O)co3)CC2)NC(c2nccs2)=NC1c1ccc(F)cc1Cl. The van der Waals surface area contributed by atoms with Crippen molar-refractivity contribution in [1.29, 1.82) is 0 Å². The van der Waals surface area contributed by atoms with E-state index < -0.39 is 23.8 Å². The number of aromatic nitrogens is 2. The van der Waals surface area contributed by atoms with E-state index in [-0.39, 0.29) is 22.6 Å². The van der Waals surface area contributed by atoms with Gasteiger partial charge in [-0.05, 0) is 25.0 Å². The molecule has 1 unspecified atom stereocenters. The van der Waals surface area contributed by atoms with Gasteiger partial charge in [0.15, 0.2) is 16.5 Å².